The van der Waals surface area contributed by atoms with E-state index in [-0.39, 0.29) is 0 Å². The van der Waals surface area contributed by atoms with Gasteiger partial charge in [0.1, 0.15) is 5.60 Å². The molecular formula is C13H18O. The van der Waals surface area contributed by atoms with E-state index >= 15 is 0 Å². The van der Waals surface area contributed by atoms with Crippen molar-refractivity contribution in [3.8, 4) is 11.8 Å². The quantitative estimate of drug-likeness (QED) is 0.497. The Hall–Kier alpha value is -0.740. The Morgan fingerprint density at radius 3 is 2.64 bits per heavy atom. The Bertz CT molecular complexity index is 297. The van der Waals surface area contributed by atoms with Crippen molar-refractivity contribution in [3.05, 3.63) is 12.2 Å². The third-order valence-electron chi connectivity index (χ3n) is 3.17. The van der Waals surface area contributed by atoms with Gasteiger partial charge in [-0.2, -0.15) is 0 Å². The summed E-state index contributed by atoms with van der Waals surface area (Å²) in [6, 6.07) is 0. The number of hydrogen-bond acceptors (Lipinski definition) is 1. The average Bonchev–Trinajstić information content (AvgIpc) is 2.62. The van der Waals surface area contributed by atoms with E-state index in [9.17, 15) is 5.11 Å². The first-order chi connectivity index (χ1) is 6.54. The van der Waals surface area contributed by atoms with Gasteiger partial charge in [-0.05, 0) is 44.4 Å². The van der Waals surface area contributed by atoms with Gasteiger partial charge in [-0.15, -0.1) is 0 Å². The zero-order chi connectivity index (χ0) is 10.2. The maximum absolute atomic E-state index is 9.44. The molecule has 0 radical (unpaired) electrons. The zero-order valence-electron chi connectivity index (χ0n) is 8.96. The maximum atomic E-state index is 9.44. The highest BCUT2D eigenvalue weighted by atomic mass is 16.3. The normalized spacial score (nSPS) is 34.4. The summed E-state index contributed by atoms with van der Waals surface area (Å²) in [4.78, 5) is 0. The average molecular weight is 190 g/mol. The summed E-state index contributed by atoms with van der Waals surface area (Å²) < 4.78 is 0. The van der Waals surface area contributed by atoms with E-state index in [4.69, 9.17) is 0 Å². The third kappa shape index (κ3) is 2.19. The van der Waals surface area contributed by atoms with E-state index in [1.165, 1.54) is 12.8 Å². The van der Waals surface area contributed by atoms with Crippen LogP contribution in [-0.2, 0) is 0 Å². The summed E-state index contributed by atoms with van der Waals surface area (Å²) in [5.74, 6) is 8.36. The molecule has 3 atom stereocenters. The lowest BCUT2D eigenvalue weighted by molar-refractivity contribution is 0.143. The standard InChI is InChI=1S/C13H18O/c1-13(2,14)7-3-4-11-8-10-5-6-12(11)9-10/h5-6,10-12,14H,4,8-9H2,1-2H3/t10-,11-,12+/m1/s1. The van der Waals surface area contributed by atoms with Gasteiger partial charge in [0.05, 0.1) is 0 Å². The minimum atomic E-state index is -0.826. The largest absolute Gasteiger partial charge is 0.378 e. The Balaban J connectivity index is 1.87. The Morgan fingerprint density at radius 2 is 2.14 bits per heavy atom. The molecule has 1 heteroatoms. The van der Waals surface area contributed by atoms with Crippen molar-refractivity contribution < 1.29 is 5.11 Å². The molecule has 76 valence electrons. The molecule has 2 aliphatic rings. The van der Waals surface area contributed by atoms with E-state index in [2.05, 4.69) is 24.0 Å². The van der Waals surface area contributed by atoms with Gasteiger partial charge in [0, 0.05) is 6.42 Å². The van der Waals surface area contributed by atoms with Gasteiger partial charge in [0.15, 0.2) is 0 Å². The lowest BCUT2D eigenvalue weighted by atomic mass is 9.90. The number of aliphatic hydroxyl groups is 1. The zero-order valence-corrected chi connectivity index (χ0v) is 8.96. The Morgan fingerprint density at radius 1 is 1.36 bits per heavy atom. The molecule has 1 saturated carbocycles. The van der Waals surface area contributed by atoms with Gasteiger partial charge < -0.3 is 5.11 Å². The molecule has 0 aliphatic heterocycles. The van der Waals surface area contributed by atoms with Crippen molar-refractivity contribution >= 4 is 0 Å². The molecule has 1 nitrogen and oxygen atoms in total. The molecule has 14 heavy (non-hydrogen) atoms. The summed E-state index contributed by atoms with van der Waals surface area (Å²) in [6.45, 7) is 3.47. The monoisotopic (exact) mass is 190 g/mol. The Labute approximate surface area is 86.2 Å². The number of rotatable bonds is 1. The number of hydrogen-bond donors (Lipinski definition) is 1. The first-order valence-electron chi connectivity index (χ1n) is 5.45. The second-order valence-corrected chi connectivity index (χ2v) is 5.11. The van der Waals surface area contributed by atoms with Gasteiger partial charge in [-0.3, -0.25) is 0 Å². The minimum Gasteiger partial charge on any atom is -0.378 e. The summed E-state index contributed by atoms with van der Waals surface area (Å²) >= 11 is 0. The molecule has 0 unspecified atom stereocenters. The fraction of sp³-hybridized carbons (Fsp3) is 0.692. The smallest absolute Gasteiger partial charge is 0.119 e. The summed E-state index contributed by atoms with van der Waals surface area (Å²) in [5.41, 5.74) is -0.826. The summed E-state index contributed by atoms with van der Waals surface area (Å²) in [5, 5.41) is 9.44. The van der Waals surface area contributed by atoms with Crippen molar-refractivity contribution in [2.24, 2.45) is 17.8 Å². The lowest BCUT2D eigenvalue weighted by Crippen LogP contribution is -2.15. The van der Waals surface area contributed by atoms with Crippen LogP contribution in [0.1, 0.15) is 33.1 Å². The van der Waals surface area contributed by atoms with Crippen LogP contribution in [0.25, 0.3) is 0 Å². The molecule has 2 bridgehead atoms. The van der Waals surface area contributed by atoms with Crippen LogP contribution >= 0.6 is 0 Å². The summed E-state index contributed by atoms with van der Waals surface area (Å²) in [7, 11) is 0. The van der Waals surface area contributed by atoms with Crippen LogP contribution < -0.4 is 0 Å². The molecule has 0 amide bonds. The first kappa shape index (κ1) is 9.80. The van der Waals surface area contributed by atoms with Crippen LogP contribution in [0.15, 0.2) is 12.2 Å². The number of allylic oxidation sites excluding steroid dienone is 2. The van der Waals surface area contributed by atoms with Crippen LogP contribution in [0.2, 0.25) is 0 Å². The molecule has 2 aliphatic carbocycles. The molecule has 1 fully saturated rings. The second kappa shape index (κ2) is 3.44. The van der Waals surface area contributed by atoms with Crippen LogP contribution in [0.4, 0.5) is 0 Å². The predicted octanol–water partition coefficient (Wildman–Crippen LogP) is 2.36. The number of fused-ring (bicyclic) bond motifs is 2. The molecule has 0 aromatic carbocycles. The maximum Gasteiger partial charge on any atom is 0.119 e. The van der Waals surface area contributed by atoms with Crippen molar-refractivity contribution in [2.75, 3.05) is 0 Å². The van der Waals surface area contributed by atoms with Gasteiger partial charge in [0.2, 0.25) is 0 Å². The topological polar surface area (TPSA) is 20.2 Å². The minimum absolute atomic E-state index is 0.750. The van der Waals surface area contributed by atoms with Gasteiger partial charge in [-0.25, -0.2) is 0 Å². The highest BCUT2D eigenvalue weighted by molar-refractivity contribution is 5.15. The van der Waals surface area contributed by atoms with Crippen LogP contribution in [0, 0.1) is 29.6 Å². The van der Waals surface area contributed by atoms with E-state index in [0.717, 1.165) is 24.2 Å². The Kier molecular flexibility index (Phi) is 2.41. The third-order valence-corrected chi connectivity index (χ3v) is 3.17. The highest BCUT2D eigenvalue weighted by Crippen LogP contribution is 2.44. The molecule has 0 saturated heterocycles. The second-order valence-electron chi connectivity index (χ2n) is 5.11. The van der Waals surface area contributed by atoms with Crippen molar-refractivity contribution in [1.29, 1.82) is 0 Å². The van der Waals surface area contributed by atoms with Gasteiger partial charge in [-0.1, -0.05) is 24.0 Å². The van der Waals surface area contributed by atoms with Gasteiger partial charge >= 0.3 is 0 Å². The van der Waals surface area contributed by atoms with Crippen molar-refractivity contribution in [1.82, 2.24) is 0 Å². The SMILES string of the molecule is CC(C)(O)C#CC[C@@H]1C[C@H]2C=C[C@H]1C2. The first-order valence-corrected chi connectivity index (χ1v) is 5.45. The van der Waals surface area contributed by atoms with Crippen LogP contribution in [-0.4, -0.2) is 10.7 Å². The molecule has 1 N–H and O–H groups in total. The molecule has 0 aromatic heterocycles. The molecular weight excluding hydrogens is 172 g/mol. The van der Waals surface area contributed by atoms with E-state index in [1.807, 2.05) is 0 Å². The van der Waals surface area contributed by atoms with Crippen LogP contribution in [0.5, 0.6) is 0 Å². The lowest BCUT2D eigenvalue weighted by Gasteiger charge is -2.14. The van der Waals surface area contributed by atoms with Crippen molar-refractivity contribution in [3.63, 3.8) is 0 Å². The summed E-state index contributed by atoms with van der Waals surface area (Å²) in [6.07, 6.45) is 8.31. The van der Waals surface area contributed by atoms with Crippen molar-refractivity contribution in [2.45, 2.75) is 38.7 Å². The molecule has 0 aromatic rings. The molecule has 0 spiro atoms. The predicted molar refractivity (Wildman–Crippen MR) is 57.5 cm³/mol. The fourth-order valence-electron chi connectivity index (χ4n) is 2.53. The van der Waals surface area contributed by atoms with E-state index in [1.54, 1.807) is 13.8 Å². The van der Waals surface area contributed by atoms with E-state index in [0.29, 0.717) is 0 Å². The molecule has 2 rings (SSSR count). The fourth-order valence-corrected chi connectivity index (χ4v) is 2.53. The van der Waals surface area contributed by atoms with Gasteiger partial charge in [0.25, 0.3) is 0 Å². The molecule has 0 heterocycles. The van der Waals surface area contributed by atoms with E-state index < -0.39 is 5.60 Å². The van der Waals surface area contributed by atoms with Crippen LogP contribution in [0.3, 0.4) is 0 Å². The highest BCUT2D eigenvalue weighted by Gasteiger charge is 2.34.